The summed E-state index contributed by atoms with van der Waals surface area (Å²) in [6.45, 7) is 5.12. The summed E-state index contributed by atoms with van der Waals surface area (Å²) in [4.78, 5) is 4.53. The molecule has 5 nitrogen and oxygen atoms in total. The van der Waals surface area contributed by atoms with E-state index in [1.165, 1.54) is 11.3 Å². The average molecular weight is 343 g/mol. The smallest absolute Gasteiger partial charge is 0.139 e. The third-order valence-corrected chi connectivity index (χ3v) is 5.67. The number of fused-ring (bicyclic) bond motifs is 1. The molecule has 3 rings (SSSR count). The van der Waals surface area contributed by atoms with Crippen LogP contribution in [0.5, 0.6) is 0 Å². The van der Waals surface area contributed by atoms with Gasteiger partial charge < -0.3 is 19.4 Å². The molecular formula is C20H29N3O2. The molecule has 5 heteroatoms. The molecule has 0 saturated heterocycles. The molecule has 25 heavy (non-hydrogen) atoms. The van der Waals surface area contributed by atoms with E-state index in [-0.39, 0.29) is 18.1 Å². The van der Waals surface area contributed by atoms with Crippen LogP contribution in [-0.2, 0) is 12.0 Å². The molecule has 1 aromatic carbocycles. The summed E-state index contributed by atoms with van der Waals surface area (Å²) >= 11 is 0. The standard InChI is InChI=1S/C20H29N3O2/c1-6-17-19(14(2)25-21-17)20(11-12-22(3)4)16(13-24)15-9-7-8-10-18(15)23(20)5/h7-10,16,24H,6,11-13H2,1-5H3. The Kier molecular flexibility index (Phi) is 4.89. The number of para-hydroxylation sites is 1. The molecule has 1 aromatic heterocycles. The Morgan fingerprint density at radius 3 is 2.68 bits per heavy atom. The average Bonchev–Trinajstić information content (AvgIpc) is 3.09. The van der Waals surface area contributed by atoms with Gasteiger partial charge in [0.05, 0.1) is 17.8 Å². The topological polar surface area (TPSA) is 52.7 Å². The fraction of sp³-hybridized carbons (Fsp3) is 0.550. The molecule has 0 radical (unpaired) electrons. The van der Waals surface area contributed by atoms with Crippen molar-refractivity contribution in [1.82, 2.24) is 10.1 Å². The maximum atomic E-state index is 10.4. The van der Waals surface area contributed by atoms with Crippen molar-refractivity contribution in [2.75, 3.05) is 39.2 Å². The van der Waals surface area contributed by atoms with Gasteiger partial charge in [0, 0.05) is 30.8 Å². The molecule has 0 spiro atoms. The van der Waals surface area contributed by atoms with Gasteiger partial charge in [0.2, 0.25) is 0 Å². The van der Waals surface area contributed by atoms with E-state index < -0.39 is 0 Å². The Hall–Kier alpha value is -1.85. The Morgan fingerprint density at radius 1 is 1.32 bits per heavy atom. The number of benzene rings is 1. The highest BCUT2D eigenvalue weighted by Gasteiger charge is 2.53. The van der Waals surface area contributed by atoms with Crippen LogP contribution < -0.4 is 4.90 Å². The van der Waals surface area contributed by atoms with Crippen molar-refractivity contribution >= 4 is 5.69 Å². The lowest BCUT2D eigenvalue weighted by Crippen LogP contribution is -2.47. The van der Waals surface area contributed by atoms with Gasteiger partial charge in [0.25, 0.3) is 0 Å². The predicted octanol–water partition coefficient (Wildman–Crippen LogP) is 2.92. The number of rotatable bonds is 6. The van der Waals surface area contributed by atoms with E-state index in [0.29, 0.717) is 0 Å². The van der Waals surface area contributed by atoms with E-state index in [1.54, 1.807) is 0 Å². The van der Waals surface area contributed by atoms with Gasteiger partial charge in [-0.3, -0.25) is 0 Å². The van der Waals surface area contributed by atoms with Crippen LogP contribution in [0.1, 0.15) is 41.8 Å². The van der Waals surface area contributed by atoms with Crippen molar-refractivity contribution in [3.63, 3.8) is 0 Å². The number of anilines is 1. The van der Waals surface area contributed by atoms with E-state index in [4.69, 9.17) is 4.52 Å². The zero-order chi connectivity index (χ0) is 18.2. The van der Waals surface area contributed by atoms with Gasteiger partial charge in [-0.1, -0.05) is 30.3 Å². The number of hydrogen-bond donors (Lipinski definition) is 1. The number of aliphatic hydroxyl groups excluding tert-OH is 1. The largest absolute Gasteiger partial charge is 0.396 e. The lowest BCUT2D eigenvalue weighted by molar-refractivity contribution is 0.190. The highest BCUT2D eigenvalue weighted by atomic mass is 16.5. The van der Waals surface area contributed by atoms with Gasteiger partial charge in [-0.15, -0.1) is 0 Å². The number of aliphatic hydroxyl groups is 1. The normalized spacial score (nSPS) is 22.7. The predicted molar refractivity (Wildman–Crippen MR) is 100 cm³/mol. The first-order valence-corrected chi connectivity index (χ1v) is 9.01. The summed E-state index contributed by atoms with van der Waals surface area (Å²) in [6.07, 6.45) is 1.71. The third-order valence-electron chi connectivity index (χ3n) is 5.67. The maximum Gasteiger partial charge on any atom is 0.139 e. The first-order chi connectivity index (χ1) is 12.0. The van der Waals surface area contributed by atoms with E-state index in [9.17, 15) is 5.11 Å². The van der Waals surface area contributed by atoms with Crippen LogP contribution in [0.25, 0.3) is 0 Å². The van der Waals surface area contributed by atoms with Crippen molar-refractivity contribution in [2.45, 2.75) is 38.1 Å². The number of likely N-dealkylation sites (N-methyl/N-ethyl adjacent to an activating group) is 1. The second-order valence-corrected chi connectivity index (χ2v) is 7.24. The minimum Gasteiger partial charge on any atom is -0.396 e. The molecular weight excluding hydrogens is 314 g/mol. The molecule has 2 aromatic rings. The van der Waals surface area contributed by atoms with Gasteiger partial charge in [0.15, 0.2) is 0 Å². The second-order valence-electron chi connectivity index (χ2n) is 7.24. The van der Waals surface area contributed by atoms with Crippen LogP contribution in [0.3, 0.4) is 0 Å². The molecule has 1 aliphatic heterocycles. The summed E-state index contributed by atoms with van der Waals surface area (Å²) in [7, 11) is 6.31. The van der Waals surface area contributed by atoms with Crippen LogP contribution in [0.15, 0.2) is 28.8 Å². The molecule has 2 heterocycles. The van der Waals surface area contributed by atoms with Crippen LogP contribution >= 0.6 is 0 Å². The Labute approximate surface area is 150 Å². The van der Waals surface area contributed by atoms with Crippen LogP contribution in [0.2, 0.25) is 0 Å². The van der Waals surface area contributed by atoms with Crippen molar-refractivity contribution in [1.29, 1.82) is 0 Å². The van der Waals surface area contributed by atoms with Gasteiger partial charge >= 0.3 is 0 Å². The summed E-state index contributed by atoms with van der Waals surface area (Å²) in [5.41, 5.74) is 4.18. The highest BCUT2D eigenvalue weighted by molar-refractivity contribution is 5.66. The Bertz CT molecular complexity index is 740. The van der Waals surface area contributed by atoms with E-state index in [0.717, 1.165) is 36.4 Å². The summed E-state index contributed by atoms with van der Waals surface area (Å²) < 4.78 is 5.60. The molecule has 1 N–H and O–H groups in total. The van der Waals surface area contributed by atoms with Gasteiger partial charge in [-0.2, -0.15) is 0 Å². The number of nitrogens with zero attached hydrogens (tertiary/aromatic N) is 3. The Morgan fingerprint density at radius 2 is 2.04 bits per heavy atom. The monoisotopic (exact) mass is 343 g/mol. The Balaban J connectivity index is 2.23. The lowest BCUT2D eigenvalue weighted by atomic mass is 9.73. The first-order valence-electron chi connectivity index (χ1n) is 9.01. The molecule has 0 saturated carbocycles. The summed E-state index contributed by atoms with van der Waals surface area (Å²) in [6, 6.07) is 8.40. The zero-order valence-corrected chi connectivity index (χ0v) is 15.9. The molecule has 0 aliphatic carbocycles. The number of hydrogen-bond acceptors (Lipinski definition) is 5. The molecule has 1 aliphatic rings. The quantitative estimate of drug-likeness (QED) is 0.874. The third kappa shape index (κ3) is 2.66. The van der Waals surface area contributed by atoms with Crippen LogP contribution in [-0.4, -0.2) is 49.5 Å². The van der Waals surface area contributed by atoms with Crippen molar-refractivity contribution < 1.29 is 9.63 Å². The summed E-state index contributed by atoms with van der Waals surface area (Å²) in [5, 5.41) is 14.7. The molecule has 136 valence electrons. The van der Waals surface area contributed by atoms with Gasteiger partial charge in [-0.25, -0.2) is 0 Å². The van der Waals surface area contributed by atoms with E-state index in [1.807, 2.05) is 6.92 Å². The highest BCUT2D eigenvalue weighted by Crippen LogP contribution is 2.55. The fourth-order valence-electron chi connectivity index (χ4n) is 4.46. The molecule has 0 bridgehead atoms. The van der Waals surface area contributed by atoms with E-state index in [2.05, 4.69) is 67.3 Å². The van der Waals surface area contributed by atoms with Crippen molar-refractivity contribution in [3.8, 4) is 0 Å². The second kappa shape index (κ2) is 6.81. The molecule has 0 amide bonds. The summed E-state index contributed by atoms with van der Waals surface area (Å²) in [5.74, 6) is 0.853. The van der Waals surface area contributed by atoms with E-state index >= 15 is 0 Å². The molecule has 2 unspecified atom stereocenters. The lowest BCUT2D eigenvalue weighted by Gasteiger charge is -2.42. The minimum absolute atomic E-state index is 0.00273. The van der Waals surface area contributed by atoms with Crippen molar-refractivity contribution in [2.24, 2.45) is 0 Å². The first kappa shape index (κ1) is 18.0. The maximum absolute atomic E-state index is 10.4. The molecule has 0 fully saturated rings. The van der Waals surface area contributed by atoms with Crippen LogP contribution in [0, 0.1) is 6.92 Å². The number of aromatic nitrogens is 1. The SMILES string of the molecule is CCc1noc(C)c1C1(CCN(C)C)C(CO)c2ccccc2N1C. The molecule has 2 atom stereocenters. The van der Waals surface area contributed by atoms with Crippen molar-refractivity contribution in [3.05, 3.63) is 46.8 Å². The zero-order valence-electron chi connectivity index (χ0n) is 15.9. The van der Waals surface area contributed by atoms with Crippen LogP contribution in [0.4, 0.5) is 5.69 Å². The fourth-order valence-corrected chi connectivity index (χ4v) is 4.46. The minimum atomic E-state index is -0.349. The number of aryl methyl sites for hydroxylation is 2. The van der Waals surface area contributed by atoms with Gasteiger partial charge in [-0.05, 0) is 45.5 Å². The van der Waals surface area contributed by atoms with Gasteiger partial charge in [0.1, 0.15) is 5.76 Å².